The van der Waals surface area contributed by atoms with E-state index in [9.17, 15) is 0 Å². The number of thiophene rings is 2. The second-order valence-electron chi connectivity index (χ2n) is 20.3. The van der Waals surface area contributed by atoms with Gasteiger partial charge in [-0.3, -0.25) is 0 Å². The summed E-state index contributed by atoms with van der Waals surface area (Å²) in [6.45, 7) is 12.0. The maximum Gasteiger partial charge on any atom is 0.119 e. The van der Waals surface area contributed by atoms with Crippen LogP contribution >= 0.6 is 22.7 Å². The largest absolute Gasteiger partial charge is 0.494 e. The van der Waals surface area contributed by atoms with Crippen molar-refractivity contribution >= 4 is 22.7 Å². The Morgan fingerprint density at radius 1 is 0.269 bits per heavy atom. The fourth-order valence-corrected chi connectivity index (χ4v) is 10.9. The quantitative estimate of drug-likeness (QED) is 0.0304. The Hall–Kier alpha value is -6.28. The predicted molar refractivity (Wildman–Crippen MR) is 333 cm³/mol. The van der Waals surface area contributed by atoms with E-state index in [1.165, 1.54) is 128 Å². The van der Waals surface area contributed by atoms with Crippen molar-refractivity contribution in [1.82, 2.24) is 0 Å². The Labute approximate surface area is 479 Å². The first-order valence-corrected chi connectivity index (χ1v) is 31.4. The molecule has 2 aromatic heterocycles. The van der Waals surface area contributed by atoms with Gasteiger partial charge in [0.2, 0.25) is 0 Å². The van der Waals surface area contributed by atoms with Crippen molar-refractivity contribution in [1.29, 1.82) is 0 Å². The summed E-state index contributed by atoms with van der Waals surface area (Å²) in [6.07, 6.45) is 29.7. The van der Waals surface area contributed by atoms with Crippen molar-refractivity contribution in [2.24, 2.45) is 0 Å². The fraction of sp³-hybridized carbons (Fsp3) is 0.444. The van der Waals surface area contributed by atoms with Crippen LogP contribution in [0.1, 0.15) is 225 Å². The molecule has 0 saturated heterocycles. The van der Waals surface area contributed by atoms with E-state index >= 15 is 0 Å². The van der Waals surface area contributed by atoms with Gasteiger partial charge in [-0.05, 0) is 135 Å². The summed E-state index contributed by atoms with van der Waals surface area (Å²) in [5.74, 6) is 31.4. The Morgan fingerprint density at radius 3 is 0.756 bits per heavy atom. The molecular weight excluding hydrogens is 993 g/mol. The van der Waals surface area contributed by atoms with Crippen molar-refractivity contribution in [2.45, 2.75) is 182 Å². The maximum absolute atomic E-state index is 6.11. The summed E-state index contributed by atoms with van der Waals surface area (Å²) in [6, 6.07) is 36.8. The Bertz CT molecular complexity index is 2660. The van der Waals surface area contributed by atoms with Gasteiger partial charge in [-0.1, -0.05) is 203 Å². The normalized spacial score (nSPS) is 10.6. The molecule has 410 valence electrons. The highest BCUT2D eigenvalue weighted by atomic mass is 32.1. The Morgan fingerprint density at radius 2 is 0.500 bits per heavy atom. The van der Waals surface area contributed by atoms with Crippen LogP contribution in [0.5, 0.6) is 23.0 Å². The third-order valence-corrected chi connectivity index (χ3v) is 15.8. The highest BCUT2D eigenvalue weighted by Crippen LogP contribution is 2.40. The minimum Gasteiger partial charge on any atom is -0.494 e. The molecule has 0 amide bonds. The average molecular weight is 1080 g/mol. The average Bonchev–Trinajstić information content (AvgIpc) is 4.13. The van der Waals surface area contributed by atoms with Gasteiger partial charge in [0.25, 0.3) is 0 Å². The SMILES string of the molecule is CCCCCCCCOc1ccc(C#Cc2cc(C#Cc3ccc(OCCCCCCCC)cc3)c(-c3sc(C#Cc4ccc(OCCCCCCCC)cc4)cc3C#Cc3ccc(OCCCCCCCC)cc3)s2)cc1. The minimum atomic E-state index is 0.731. The van der Waals surface area contributed by atoms with Crippen molar-refractivity contribution < 1.29 is 18.9 Å². The first-order valence-electron chi connectivity index (χ1n) is 29.8. The summed E-state index contributed by atoms with van der Waals surface area (Å²) in [4.78, 5) is 3.89. The maximum atomic E-state index is 6.11. The Balaban J connectivity index is 1.26. The van der Waals surface area contributed by atoms with Gasteiger partial charge in [-0.2, -0.15) is 0 Å². The van der Waals surface area contributed by atoms with Crippen LogP contribution in [0.3, 0.4) is 0 Å². The van der Waals surface area contributed by atoms with Gasteiger partial charge in [0, 0.05) is 33.4 Å². The standard InChI is InChI=1S/C72H86O4S2/c1-5-9-13-17-21-25-53-73-65-43-31-59(32-44-65)29-41-63-57-69(51-39-61-35-47-67(48-36-61)75-55-27-23-19-15-11-7-3)77-71(63)72-64(42-30-60-33-45-66(46-34-60)74-54-26-22-18-14-10-6-2)58-70(78-72)52-40-62-37-49-68(50-38-62)76-56-28-24-20-16-12-8-4/h31-38,43-50,57-58H,5-28,53-56H2,1-4H3. The molecule has 0 aliphatic carbocycles. The predicted octanol–water partition coefficient (Wildman–Crippen LogP) is 20.0. The molecule has 4 aromatic carbocycles. The third-order valence-electron chi connectivity index (χ3n) is 13.5. The molecule has 0 bridgehead atoms. The third kappa shape index (κ3) is 23.8. The van der Waals surface area contributed by atoms with E-state index in [0.29, 0.717) is 0 Å². The lowest BCUT2D eigenvalue weighted by Crippen LogP contribution is -1.97. The smallest absolute Gasteiger partial charge is 0.119 e. The van der Waals surface area contributed by atoms with E-state index in [-0.39, 0.29) is 0 Å². The molecule has 0 aliphatic rings. The second-order valence-corrected chi connectivity index (χ2v) is 22.4. The van der Waals surface area contributed by atoms with Crippen LogP contribution in [0.15, 0.2) is 109 Å². The van der Waals surface area contributed by atoms with Crippen molar-refractivity contribution in [3.05, 3.63) is 152 Å². The number of unbranched alkanes of at least 4 members (excludes halogenated alkanes) is 20. The molecule has 0 radical (unpaired) electrons. The molecule has 0 unspecified atom stereocenters. The zero-order valence-corrected chi connectivity index (χ0v) is 49.3. The van der Waals surface area contributed by atoms with E-state index < -0.39 is 0 Å². The number of hydrogen-bond acceptors (Lipinski definition) is 6. The van der Waals surface area contributed by atoms with Crippen LogP contribution in [0, 0.1) is 47.4 Å². The van der Waals surface area contributed by atoms with E-state index in [0.717, 1.165) is 128 Å². The molecule has 0 fully saturated rings. The van der Waals surface area contributed by atoms with Crippen LogP contribution in [0.25, 0.3) is 9.75 Å². The van der Waals surface area contributed by atoms with Crippen molar-refractivity contribution in [3.63, 3.8) is 0 Å². The zero-order valence-electron chi connectivity index (χ0n) is 47.6. The summed E-state index contributed by atoms with van der Waals surface area (Å²) in [5, 5.41) is 0. The molecule has 2 heterocycles. The van der Waals surface area contributed by atoms with Gasteiger partial charge in [0.15, 0.2) is 0 Å². The summed E-state index contributed by atoms with van der Waals surface area (Å²) in [7, 11) is 0. The molecular formula is C72H86O4S2. The Kier molecular flexibility index (Phi) is 29.3. The lowest BCUT2D eigenvalue weighted by molar-refractivity contribution is 0.304. The minimum absolute atomic E-state index is 0.731. The molecule has 0 spiro atoms. The fourth-order valence-electron chi connectivity index (χ4n) is 8.80. The van der Waals surface area contributed by atoms with Gasteiger partial charge in [-0.15, -0.1) is 22.7 Å². The molecule has 0 saturated carbocycles. The summed E-state index contributed by atoms with van der Waals surface area (Å²) in [5.41, 5.74) is 5.50. The van der Waals surface area contributed by atoms with Crippen LogP contribution in [0.4, 0.5) is 0 Å². The molecule has 0 atom stereocenters. The molecule has 4 nitrogen and oxygen atoms in total. The number of rotatable bonds is 33. The van der Waals surface area contributed by atoms with Crippen LogP contribution in [0.2, 0.25) is 0 Å². The van der Waals surface area contributed by atoms with Crippen LogP contribution in [-0.2, 0) is 0 Å². The van der Waals surface area contributed by atoms with E-state index in [1.54, 1.807) is 22.7 Å². The van der Waals surface area contributed by atoms with Gasteiger partial charge < -0.3 is 18.9 Å². The summed E-state index contributed by atoms with van der Waals surface area (Å²) >= 11 is 3.30. The number of benzene rings is 4. The molecule has 0 aliphatic heterocycles. The van der Waals surface area contributed by atoms with Gasteiger partial charge >= 0.3 is 0 Å². The molecule has 0 N–H and O–H groups in total. The van der Waals surface area contributed by atoms with Crippen LogP contribution in [-0.4, -0.2) is 26.4 Å². The zero-order chi connectivity index (χ0) is 54.5. The highest BCUT2D eigenvalue weighted by molar-refractivity contribution is 7.23. The van der Waals surface area contributed by atoms with E-state index in [1.807, 2.05) is 97.1 Å². The van der Waals surface area contributed by atoms with E-state index in [2.05, 4.69) is 87.2 Å². The van der Waals surface area contributed by atoms with Gasteiger partial charge in [-0.25, -0.2) is 0 Å². The second kappa shape index (κ2) is 37.5. The van der Waals surface area contributed by atoms with Crippen LogP contribution < -0.4 is 18.9 Å². The van der Waals surface area contributed by atoms with Gasteiger partial charge in [0.1, 0.15) is 23.0 Å². The lowest BCUT2D eigenvalue weighted by atomic mass is 10.1. The van der Waals surface area contributed by atoms with Crippen molar-refractivity contribution in [2.75, 3.05) is 26.4 Å². The lowest BCUT2D eigenvalue weighted by Gasteiger charge is -2.06. The molecule has 6 aromatic rings. The number of hydrogen-bond donors (Lipinski definition) is 0. The van der Waals surface area contributed by atoms with E-state index in [4.69, 9.17) is 18.9 Å². The van der Waals surface area contributed by atoms with Crippen molar-refractivity contribution in [3.8, 4) is 80.1 Å². The molecule has 78 heavy (non-hydrogen) atoms. The molecule has 6 heteroatoms. The first-order chi connectivity index (χ1) is 38.5. The molecule has 6 rings (SSSR count). The first kappa shape index (κ1) is 60.9. The summed E-state index contributed by atoms with van der Waals surface area (Å²) < 4.78 is 24.4. The number of ether oxygens (including phenoxy) is 4. The van der Waals surface area contributed by atoms with Gasteiger partial charge in [0.05, 0.1) is 45.9 Å². The highest BCUT2D eigenvalue weighted by Gasteiger charge is 2.17. The topological polar surface area (TPSA) is 36.9 Å². The monoisotopic (exact) mass is 1080 g/mol.